The summed E-state index contributed by atoms with van der Waals surface area (Å²) in [5.74, 6) is -0.393. The maximum Gasteiger partial charge on any atom is 0.188 e. The number of H-pyrrole nitrogens is 1. The molecule has 2 rings (SSSR count). The number of nitrogens with one attached hydrogen (secondary N) is 1. The van der Waals surface area contributed by atoms with Gasteiger partial charge in [-0.05, 0) is 12.1 Å². The molecule has 0 saturated heterocycles. The lowest BCUT2D eigenvalue weighted by atomic mass is 10.2. The number of aromatic amines is 1. The predicted molar refractivity (Wildman–Crippen MR) is 45.6 cm³/mol. The summed E-state index contributed by atoms with van der Waals surface area (Å²) in [5.41, 5.74) is 0.938. The zero-order valence-electron chi connectivity index (χ0n) is 6.66. The summed E-state index contributed by atoms with van der Waals surface area (Å²) in [6.45, 7) is 0. The topological polar surface area (TPSA) is 48.9 Å². The highest BCUT2D eigenvalue weighted by Crippen LogP contribution is 2.22. The number of hydrogen-bond donors (Lipinski definition) is 2. The Morgan fingerprint density at radius 3 is 2.77 bits per heavy atom. The van der Waals surface area contributed by atoms with E-state index in [4.69, 9.17) is 5.11 Å². The second kappa shape index (κ2) is 2.90. The smallest absolute Gasteiger partial charge is 0.188 e. The quantitative estimate of drug-likeness (QED) is 0.700. The first-order valence-corrected chi connectivity index (χ1v) is 3.75. The Morgan fingerprint density at radius 1 is 1.31 bits per heavy atom. The van der Waals surface area contributed by atoms with Crippen LogP contribution in [0.1, 0.15) is 0 Å². The minimum absolute atomic E-state index is 0.0196. The van der Waals surface area contributed by atoms with Gasteiger partial charge in [0.1, 0.15) is 0 Å². The first-order chi connectivity index (χ1) is 6.27. The molecule has 2 aromatic heterocycles. The summed E-state index contributed by atoms with van der Waals surface area (Å²) in [4.78, 5) is 6.25. The maximum atomic E-state index is 13.1. The van der Waals surface area contributed by atoms with Crippen molar-refractivity contribution in [2.75, 3.05) is 0 Å². The van der Waals surface area contributed by atoms with Crippen LogP contribution in [0.3, 0.4) is 0 Å². The van der Waals surface area contributed by atoms with Gasteiger partial charge >= 0.3 is 0 Å². The fourth-order valence-corrected chi connectivity index (χ4v) is 1.13. The largest absolute Gasteiger partial charge is 0.495 e. The van der Waals surface area contributed by atoms with Gasteiger partial charge in [0, 0.05) is 17.8 Å². The molecule has 2 N–H and O–H groups in total. The van der Waals surface area contributed by atoms with E-state index >= 15 is 0 Å². The number of aromatic nitrogens is 2. The molecule has 3 nitrogen and oxygen atoms in total. The van der Waals surface area contributed by atoms with Crippen molar-refractivity contribution in [2.45, 2.75) is 0 Å². The molecule has 0 spiro atoms. The van der Waals surface area contributed by atoms with Crippen LogP contribution in [-0.2, 0) is 0 Å². The highest BCUT2D eigenvalue weighted by molar-refractivity contribution is 5.60. The van der Waals surface area contributed by atoms with Crippen LogP contribution >= 0.6 is 0 Å². The first kappa shape index (κ1) is 7.79. The number of aromatic hydroxyl groups is 1. The summed E-state index contributed by atoms with van der Waals surface area (Å²) in [7, 11) is 0. The van der Waals surface area contributed by atoms with Crippen molar-refractivity contribution in [3.63, 3.8) is 0 Å². The monoisotopic (exact) mass is 178 g/mol. The van der Waals surface area contributed by atoms with Crippen LogP contribution in [0, 0.1) is 5.82 Å². The van der Waals surface area contributed by atoms with E-state index in [-0.39, 0.29) is 5.88 Å². The lowest BCUT2D eigenvalue weighted by Crippen LogP contribution is -1.84. The molecule has 0 aliphatic carbocycles. The molecule has 0 bridgehead atoms. The van der Waals surface area contributed by atoms with E-state index in [0.717, 1.165) is 6.20 Å². The van der Waals surface area contributed by atoms with Crippen molar-refractivity contribution in [1.82, 2.24) is 9.97 Å². The Labute approximate surface area is 73.9 Å². The van der Waals surface area contributed by atoms with Crippen LogP contribution in [0.15, 0.2) is 30.6 Å². The maximum absolute atomic E-state index is 13.1. The zero-order valence-corrected chi connectivity index (χ0v) is 6.66. The molecule has 0 radical (unpaired) electrons. The van der Waals surface area contributed by atoms with Gasteiger partial charge in [0.2, 0.25) is 0 Å². The lowest BCUT2D eigenvalue weighted by Gasteiger charge is -1.97. The van der Waals surface area contributed by atoms with Gasteiger partial charge in [-0.15, -0.1) is 0 Å². The van der Waals surface area contributed by atoms with Crippen molar-refractivity contribution in [3.8, 4) is 17.1 Å². The van der Waals surface area contributed by atoms with Crippen molar-refractivity contribution >= 4 is 0 Å². The van der Waals surface area contributed by atoms with E-state index in [2.05, 4.69) is 9.97 Å². The van der Waals surface area contributed by atoms with Gasteiger partial charge in [-0.3, -0.25) is 4.98 Å². The molecule has 0 aliphatic rings. The third-order valence-corrected chi connectivity index (χ3v) is 1.73. The highest BCUT2D eigenvalue weighted by atomic mass is 19.1. The van der Waals surface area contributed by atoms with E-state index in [1.807, 2.05) is 0 Å². The van der Waals surface area contributed by atoms with Crippen LogP contribution in [0.5, 0.6) is 5.88 Å². The van der Waals surface area contributed by atoms with Gasteiger partial charge in [-0.1, -0.05) is 0 Å². The van der Waals surface area contributed by atoms with Crippen molar-refractivity contribution in [1.29, 1.82) is 0 Å². The van der Waals surface area contributed by atoms with E-state index in [1.54, 1.807) is 12.1 Å². The number of nitrogens with zero attached hydrogens (tertiary/aromatic N) is 1. The van der Waals surface area contributed by atoms with Gasteiger partial charge in [-0.2, -0.15) is 0 Å². The number of pyridine rings is 1. The summed E-state index contributed by atoms with van der Waals surface area (Å²) in [6.07, 6.45) is 2.63. The van der Waals surface area contributed by atoms with Crippen LogP contribution in [-0.4, -0.2) is 15.1 Å². The molecule has 4 heteroatoms. The molecule has 0 aliphatic heterocycles. The highest BCUT2D eigenvalue weighted by Gasteiger charge is 2.05. The van der Waals surface area contributed by atoms with E-state index in [1.165, 1.54) is 12.3 Å². The molecule has 0 aromatic carbocycles. The Bertz CT molecular complexity index is 425. The summed E-state index contributed by atoms with van der Waals surface area (Å²) in [6, 6.07) is 4.61. The summed E-state index contributed by atoms with van der Waals surface area (Å²) >= 11 is 0. The molecular weight excluding hydrogens is 171 g/mol. The van der Waals surface area contributed by atoms with Gasteiger partial charge in [-0.25, -0.2) is 4.39 Å². The Hall–Kier alpha value is -1.84. The van der Waals surface area contributed by atoms with Crippen LogP contribution < -0.4 is 0 Å². The van der Waals surface area contributed by atoms with Crippen LogP contribution in [0.4, 0.5) is 4.39 Å². The fraction of sp³-hybridized carbons (Fsp3) is 0. The summed E-state index contributed by atoms with van der Waals surface area (Å²) in [5, 5.41) is 9.01. The zero-order chi connectivity index (χ0) is 9.26. The fourth-order valence-electron chi connectivity index (χ4n) is 1.13. The molecule has 0 saturated carbocycles. The van der Waals surface area contributed by atoms with Crippen molar-refractivity contribution in [3.05, 3.63) is 36.4 Å². The second-order valence-electron chi connectivity index (χ2n) is 2.61. The lowest BCUT2D eigenvalue weighted by molar-refractivity contribution is 0.457. The average Bonchev–Trinajstić information content (AvgIpc) is 2.53. The predicted octanol–water partition coefficient (Wildman–Crippen LogP) is 1.92. The minimum atomic E-state index is -0.413. The molecule has 66 valence electrons. The molecule has 0 fully saturated rings. The number of halogens is 1. The molecule has 0 amide bonds. The SMILES string of the molecule is Oc1ccc(-c2ccncc2F)[nH]1. The van der Waals surface area contributed by atoms with Crippen LogP contribution in [0.2, 0.25) is 0 Å². The summed E-state index contributed by atoms with van der Waals surface area (Å²) < 4.78 is 13.1. The Balaban J connectivity index is 2.52. The van der Waals surface area contributed by atoms with Gasteiger partial charge in [0.15, 0.2) is 11.7 Å². The second-order valence-corrected chi connectivity index (χ2v) is 2.61. The molecule has 0 atom stereocenters. The van der Waals surface area contributed by atoms with Gasteiger partial charge in [0.25, 0.3) is 0 Å². The molecule has 13 heavy (non-hydrogen) atoms. The molecule has 2 heterocycles. The Kier molecular flexibility index (Phi) is 1.73. The third kappa shape index (κ3) is 1.38. The van der Waals surface area contributed by atoms with Crippen molar-refractivity contribution < 1.29 is 9.50 Å². The standard InChI is InChI=1S/C9H7FN2O/c10-7-5-11-4-3-6(7)8-1-2-9(13)12-8/h1-5,12-13H. The average molecular weight is 178 g/mol. The first-order valence-electron chi connectivity index (χ1n) is 3.75. The van der Waals surface area contributed by atoms with Crippen molar-refractivity contribution in [2.24, 2.45) is 0 Å². The minimum Gasteiger partial charge on any atom is -0.495 e. The Morgan fingerprint density at radius 2 is 2.15 bits per heavy atom. The van der Waals surface area contributed by atoms with E-state index in [9.17, 15) is 4.39 Å². The molecule has 2 aromatic rings. The van der Waals surface area contributed by atoms with Gasteiger partial charge < -0.3 is 10.1 Å². The third-order valence-electron chi connectivity index (χ3n) is 1.73. The normalized spacial score (nSPS) is 10.2. The van der Waals surface area contributed by atoms with Crippen LogP contribution in [0.25, 0.3) is 11.3 Å². The molecule has 0 unspecified atom stereocenters. The molecular formula is C9H7FN2O. The number of rotatable bonds is 1. The van der Waals surface area contributed by atoms with E-state index in [0.29, 0.717) is 11.3 Å². The number of hydrogen-bond acceptors (Lipinski definition) is 2. The van der Waals surface area contributed by atoms with E-state index < -0.39 is 5.82 Å². The van der Waals surface area contributed by atoms with Gasteiger partial charge in [0.05, 0.1) is 11.9 Å².